The van der Waals surface area contributed by atoms with Crippen LogP contribution in [0.1, 0.15) is 72.1 Å². The average Bonchev–Trinajstić information content (AvgIpc) is 2.92. The molecule has 0 aliphatic heterocycles. The van der Waals surface area contributed by atoms with Crippen LogP contribution in [0.25, 0.3) is 0 Å². The van der Waals surface area contributed by atoms with Gasteiger partial charge < -0.3 is 14.3 Å². The minimum Gasteiger partial charge on any atom is -0.328 e. The minimum atomic E-state index is -2.26. The normalized spacial score (nSPS) is 47.8. The van der Waals surface area contributed by atoms with Gasteiger partial charge in [0, 0.05) is 5.92 Å². The Labute approximate surface area is 158 Å². The second-order valence-corrected chi connectivity index (χ2v) is 10.5. The molecule has 2 N–H and O–H groups in total. The van der Waals surface area contributed by atoms with Crippen LogP contribution in [-0.4, -0.2) is 21.7 Å². The molecule has 4 rings (SSSR count). The van der Waals surface area contributed by atoms with Crippen molar-refractivity contribution in [2.24, 2.45) is 34.5 Å². The van der Waals surface area contributed by atoms with Gasteiger partial charge in [-0.2, -0.15) is 0 Å². The van der Waals surface area contributed by atoms with Crippen molar-refractivity contribution in [3.63, 3.8) is 0 Å². The Morgan fingerprint density at radius 3 is 2.62 bits per heavy atom. The highest BCUT2D eigenvalue weighted by atomic mass is 31.2. The largest absolute Gasteiger partial charge is 0.328 e. The van der Waals surface area contributed by atoms with Crippen molar-refractivity contribution in [1.29, 1.82) is 0 Å². The molecule has 4 aliphatic rings. The first-order chi connectivity index (χ1) is 12.3. The van der Waals surface area contributed by atoms with Gasteiger partial charge in [-0.25, -0.2) is 0 Å². The summed E-state index contributed by atoms with van der Waals surface area (Å²) in [6.07, 6.45) is 11.1. The highest BCUT2D eigenvalue weighted by molar-refractivity contribution is 7.39. The lowest BCUT2D eigenvalue weighted by Gasteiger charge is -2.58. The third kappa shape index (κ3) is 2.83. The Hall–Kier alpha value is -0.280. The molecule has 7 atom stereocenters. The fraction of sp³-hybridized carbons (Fsp3) is 0.857. The summed E-state index contributed by atoms with van der Waals surface area (Å²) >= 11 is 0. The van der Waals surface area contributed by atoms with Gasteiger partial charge in [-0.3, -0.25) is 4.79 Å². The Bertz CT molecular complexity index is 617. The van der Waals surface area contributed by atoms with Gasteiger partial charge in [-0.1, -0.05) is 25.5 Å². The zero-order valence-electron chi connectivity index (χ0n) is 16.3. The smallest absolute Gasteiger partial charge is 0.327 e. The number of Topliss-reactive ketones (excluding diaryl/α,β-unsaturated/α-hetero) is 1. The first-order valence-electron chi connectivity index (χ1n) is 10.3. The van der Waals surface area contributed by atoms with E-state index in [1.807, 2.05) is 0 Å². The molecule has 0 unspecified atom stereocenters. The number of allylic oxidation sites excluding steroid dienone is 1. The second-order valence-electron chi connectivity index (χ2n) is 9.77. The highest BCUT2D eigenvalue weighted by Gasteiger charge is 2.59. The second kappa shape index (κ2) is 6.65. The van der Waals surface area contributed by atoms with E-state index >= 15 is 0 Å². The van der Waals surface area contributed by atoms with Crippen molar-refractivity contribution in [2.45, 2.75) is 78.2 Å². The summed E-state index contributed by atoms with van der Waals surface area (Å²) in [5.74, 6) is 2.76. The Morgan fingerprint density at radius 1 is 1.15 bits per heavy atom. The summed E-state index contributed by atoms with van der Waals surface area (Å²) in [5, 5.41) is 0. The van der Waals surface area contributed by atoms with Crippen molar-refractivity contribution < 1.29 is 19.1 Å². The molecule has 0 radical (unpaired) electrons. The third-order valence-electron chi connectivity index (χ3n) is 8.79. The zero-order valence-corrected chi connectivity index (χ0v) is 17.2. The van der Waals surface area contributed by atoms with E-state index in [1.165, 1.54) is 24.8 Å². The molecule has 5 heteroatoms. The summed E-state index contributed by atoms with van der Waals surface area (Å²) in [6.45, 7) is 6.62. The zero-order chi connectivity index (χ0) is 18.7. The van der Waals surface area contributed by atoms with Crippen LogP contribution in [0, 0.1) is 34.5 Å². The van der Waals surface area contributed by atoms with E-state index in [1.54, 1.807) is 6.92 Å². The number of rotatable bonds is 3. The maximum atomic E-state index is 12.2. The van der Waals surface area contributed by atoms with Crippen LogP contribution in [0.5, 0.6) is 0 Å². The van der Waals surface area contributed by atoms with Crippen LogP contribution in [0.3, 0.4) is 0 Å². The van der Waals surface area contributed by atoms with Crippen LogP contribution in [0.15, 0.2) is 11.6 Å². The number of hydrogen-bond acceptors (Lipinski definition) is 4. The predicted octanol–water partition coefficient (Wildman–Crippen LogP) is 4.75. The molecule has 0 aromatic rings. The molecule has 0 spiro atoms. The maximum Gasteiger partial charge on any atom is 0.327 e. The number of fused-ring (bicyclic) bond motifs is 5. The SMILES string of the molecule is CC(=O)[C@H]1CC[C@H]2[C@@H]3CC=C4C[C@@H](OP(O)O)CC[C@]4(C)[C@H]3CC[C@]12C. The average molecular weight is 380 g/mol. The molecule has 0 bridgehead atoms. The molecular formula is C21H33O4P. The number of carbonyl (C=O) groups is 1. The van der Waals surface area contributed by atoms with Gasteiger partial charge in [0.25, 0.3) is 0 Å². The molecule has 0 aromatic heterocycles. The Balaban J connectivity index is 1.58. The van der Waals surface area contributed by atoms with Crippen LogP contribution in [-0.2, 0) is 9.32 Å². The van der Waals surface area contributed by atoms with E-state index in [4.69, 9.17) is 4.52 Å². The van der Waals surface area contributed by atoms with E-state index in [2.05, 4.69) is 19.9 Å². The van der Waals surface area contributed by atoms with Crippen LogP contribution in [0.2, 0.25) is 0 Å². The molecule has 0 heterocycles. The molecule has 146 valence electrons. The molecule has 26 heavy (non-hydrogen) atoms. The van der Waals surface area contributed by atoms with E-state index < -0.39 is 8.60 Å². The summed E-state index contributed by atoms with van der Waals surface area (Å²) in [4.78, 5) is 30.6. The van der Waals surface area contributed by atoms with Gasteiger partial charge in [0.05, 0.1) is 6.10 Å². The van der Waals surface area contributed by atoms with E-state index in [9.17, 15) is 14.6 Å². The minimum absolute atomic E-state index is 0.0468. The van der Waals surface area contributed by atoms with E-state index in [0.717, 1.165) is 32.1 Å². The van der Waals surface area contributed by atoms with E-state index in [-0.39, 0.29) is 22.9 Å². The maximum absolute atomic E-state index is 12.2. The molecule has 3 fully saturated rings. The lowest BCUT2D eigenvalue weighted by atomic mass is 9.47. The van der Waals surface area contributed by atoms with Gasteiger partial charge in [-0.15, -0.1) is 0 Å². The van der Waals surface area contributed by atoms with Gasteiger partial charge >= 0.3 is 8.60 Å². The fourth-order valence-electron chi connectivity index (χ4n) is 7.52. The third-order valence-corrected chi connectivity index (χ3v) is 9.28. The number of ketones is 1. The molecule has 0 saturated heterocycles. The molecule has 0 aromatic carbocycles. The molecule has 3 saturated carbocycles. The molecule has 4 nitrogen and oxygen atoms in total. The van der Waals surface area contributed by atoms with Crippen LogP contribution in [0.4, 0.5) is 0 Å². The first kappa shape index (κ1) is 19.1. The van der Waals surface area contributed by atoms with Gasteiger partial charge in [0.1, 0.15) is 5.78 Å². The van der Waals surface area contributed by atoms with Gasteiger partial charge in [0.15, 0.2) is 0 Å². The molecule has 0 amide bonds. The fourth-order valence-corrected chi connectivity index (χ4v) is 7.97. The molecular weight excluding hydrogens is 347 g/mol. The summed E-state index contributed by atoms with van der Waals surface area (Å²) < 4.78 is 5.34. The quantitative estimate of drug-likeness (QED) is 0.548. The topological polar surface area (TPSA) is 66.8 Å². The van der Waals surface area contributed by atoms with E-state index in [0.29, 0.717) is 23.5 Å². The lowest BCUT2D eigenvalue weighted by molar-refractivity contribution is -0.127. The van der Waals surface area contributed by atoms with Gasteiger partial charge in [0.2, 0.25) is 0 Å². The van der Waals surface area contributed by atoms with Crippen molar-refractivity contribution in [3.8, 4) is 0 Å². The summed E-state index contributed by atoms with van der Waals surface area (Å²) in [5.41, 5.74) is 1.92. The number of carbonyl (C=O) groups excluding carboxylic acids is 1. The van der Waals surface area contributed by atoms with Crippen LogP contribution < -0.4 is 0 Å². The summed E-state index contributed by atoms with van der Waals surface area (Å²) in [7, 11) is -2.26. The van der Waals surface area contributed by atoms with Crippen molar-refractivity contribution in [2.75, 3.05) is 0 Å². The first-order valence-corrected chi connectivity index (χ1v) is 11.5. The van der Waals surface area contributed by atoms with Crippen LogP contribution >= 0.6 is 8.60 Å². The predicted molar refractivity (Wildman–Crippen MR) is 102 cm³/mol. The summed E-state index contributed by atoms with van der Waals surface area (Å²) in [6, 6.07) is 0. The van der Waals surface area contributed by atoms with Crippen molar-refractivity contribution >= 4 is 14.4 Å². The molecule has 4 aliphatic carbocycles. The van der Waals surface area contributed by atoms with Crippen molar-refractivity contribution in [3.05, 3.63) is 11.6 Å². The van der Waals surface area contributed by atoms with Gasteiger partial charge in [-0.05, 0) is 86.9 Å². The standard InChI is InChI=1S/C21H33O4P/c1-13(22)17-6-7-18-16-5-4-14-12-15(25-26(23)24)8-10-20(14,2)19(16)9-11-21(17,18)3/h4,15-19,23-24H,5-12H2,1-3H3/t15-,16-,17+,18-,19-,20-,21+/m0/s1. The number of hydrogen-bond donors (Lipinski definition) is 2. The monoisotopic (exact) mass is 380 g/mol. The lowest BCUT2D eigenvalue weighted by Crippen LogP contribution is -2.51. The Morgan fingerprint density at radius 2 is 1.92 bits per heavy atom. The highest BCUT2D eigenvalue weighted by Crippen LogP contribution is 2.66. The van der Waals surface area contributed by atoms with Crippen molar-refractivity contribution in [1.82, 2.24) is 0 Å². The Kier molecular flexibility index (Phi) is 4.88.